The third-order valence-electron chi connectivity index (χ3n) is 2.00. The first-order chi connectivity index (χ1) is 8.05. The first-order valence-electron chi connectivity index (χ1n) is 4.86. The molecule has 0 saturated carbocycles. The molecule has 0 bridgehead atoms. The van der Waals surface area contributed by atoms with Crippen molar-refractivity contribution in [3.05, 3.63) is 18.2 Å². The third kappa shape index (κ3) is 3.32. The van der Waals surface area contributed by atoms with E-state index in [-0.39, 0.29) is 18.0 Å². The van der Waals surface area contributed by atoms with Crippen molar-refractivity contribution in [2.75, 3.05) is 27.4 Å². The second-order valence-corrected chi connectivity index (χ2v) is 4.70. The van der Waals surface area contributed by atoms with E-state index < -0.39 is 10.1 Å². The third-order valence-corrected chi connectivity index (χ3v) is 3.31. The summed E-state index contributed by atoms with van der Waals surface area (Å²) in [6.07, 6.45) is 0. The Bertz CT molecular complexity index is 472. The van der Waals surface area contributed by atoms with Crippen LogP contribution in [-0.2, 0) is 14.3 Å². The van der Waals surface area contributed by atoms with E-state index in [0.29, 0.717) is 11.5 Å². The van der Waals surface area contributed by atoms with Crippen LogP contribution in [0.5, 0.6) is 11.5 Å². The van der Waals surface area contributed by atoms with E-state index in [4.69, 9.17) is 15.2 Å². The summed E-state index contributed by atoms with van der Waals surface area (Å²) in [5, 5.41) is 0. The molecular weight excluding hydrogens is 246 g/mol. The predicted octanol–water partition coefficient (Wildman–Crippen LogP) is 0.368. The molecule has 0 aromatic heterocycles. The maximum Gasteiger partial charge on any atom is 0.297 e. The van der Waals surface area contributed by atoms with Crippen LogP contribution >= 0.6 is 0 Å². The Kier molecular flexibility index (Phi) is 4.73. The summed E-state index contributed by atoms with van der Waals surface area (Å²) >= 11 is 0. The molecule has 0 aliphatic carbocycles. The van der Waals surface area contributed by atoms with Gasteiger partial charge in [-0.2, -0.15) is 8.42 Å². The van der Waals surface area contributed by atoms with E-state index in [9.17, 15) is 8.42 Å². The molecule has 7 heteroatoms. The van der Waals surface area contributed by atoms with Crippen molar-refractivity contribution >= 4 is 10.1 Å². The molecule has 0 fully saturated rings. The second-order valence-electron chi connectivity index (χ2n) is 3.08. The van der Waals surface area contributed by atoms with Crippen LogP contribution in [0.3, 0.4) is 0 Å². The Balaban J connectivity index is 3.07. The van der Waals surface area contributed by atoms with Crippen molar-refractivity contribution in [1.29, 1.82) is 0 Å². The van der Waals surface area contributed by atoms with Crippen molar-refractivity contribution in [1.82, 2.24) is 0 Å². The number of nitrogens with two attached hydrogens (primary N) is 1. The van der Waals surface area contributed by atoms with Gasteiger partial charge in [-0.15, -0.1) is 0 Å². The highest BCUT2D eigenvalue weighted by atomic mass is 32.2. The molecule has 1 aromatic carbocycles. The lowest BCUT2D eigenvalue weighted by Gasteiger charge is -2.09. The van der Waals surface area contributed by atoms with Crippen LogP contribution in [0.25, 0.3) is 0 Å². The number of ether oxygens (including phenoxy) is 2. The summed E-state index contributed by atoms with van der Waals surface area (Å²) in [6.45, 7) is 0.0726. The van der Waals surface area contributed by atoms with Gasteiger partial charge in [0.25, 0.3) is 10.1 Å². The van der Waals surface area contributed by atoms with Crippen LogP contribution in [0, 0.1) is 0 Å². The van der Waals surface area contributed by atoms with Crippen LogP contribution in [0.15, 0.2) is 23.1 Å². The topological polar surface area (TPSA) is 87.9 Å². The molecule has 1 aromatic rings. The molecule has 1 rings (SSSR count). The maximum absolute atomic E-state index is 11.7. The largest absolute Gasteiger partial charge is 0.493 e. The minimum absolute atomic E-state index is 0.00333. The quantitative estimate of drug-likeness (QED) is 0.744. The van der Waals surface area contributed by atoms with Crippen LogP contribution in [0.4, 0.5) is 0 Å². The molecule has 2 N–H and O–H groups in total. The number of hydrogen-bond acceptors (Lipinski definition) is 6. The average Bonchev–Trinajstić information content (AvgIpc) is 2.35. The molecule has 0 atom stereocenters. The smallest absolute Gasteiger partial charge is 0.297 e. The van der Waals surface area contributed by atoms with Gasteiger partial charge < -0.3 is 15.2 Å². The fraction of sp³-hybridized carbons (Fsp3) is 0.400. The monoisotopic (exact) mass is 261 g/mol. The minimum atomic E-state index is -3.80. The maximum atomic E-state index is 11.7. The van der Waals surface area contributed by atoms with E-state index in [1.165, 1.54) is 32.4 Å². The normalized spacial score (nSPS) is 11.2. The number of benzene rings is 1. The standard InChI is InChI=1S/C10H15NO5S/c1-14-9-4-3-8(7-10(9)15-2)17(12,13)16-6-5-11/h3-4,7H,5-6,11H2,1-2H3. The Morgan fingerprint density at radius 3 is 2.35 bits per heavy atom. The molecule has 0 spiro atoms. The number of rotatable bonds is 6. The second kappa shape index (κ2) is 5.85. The first-order valence-corrected chi connectivity index (χ1v) is 6.27. The van der Waals surface area contributed by atoms with Gasteiger partial charge >= 0.3 is 0 Å². The van der Waals surface area contributed by atoms with Crippen molar-refractivity contribution < 1.29 is 22.1 Å². The fourth-order valence-corrected chi connectivity index (χ4v) is 2.14. The van der Waals surface area contributed by atoms with E-state index >= 15 is 0 Å². The van der Waals surface area contributed by atoms with Gasteiger partial charge in [-0.05, 0) is 12.1 Å². The van der Waals surface area contributed by atoms with Gasteiger partial charge in [-0.1, -0.05) is 0 Å². The lowest BCUT2D eigenvalue weighted by Crippen LogP contribution is -2.14. The lowest BCUT2D eigenvalue weighted by molar-refractivity contribution is 0.326. The zero-order chi connectivity index (χ0) is 12.9. The van der Waals surface area contributed by atoms with E-state index in [1.54, 1.807) is 0 Å². The molecule has 0 unspecified atom stereocenters. The SMILES string of the molecule is COc1ccc(S(=O)(=O)OCCN)cc1OC. The molecule has 0 heterocycles. The van der Waals surface area contributed by atoms with Gasteiger partial charge in [-0.3, -0.25) is 4.18 Å². The molecular formula is C10H15NO5S. The van der Waals surface area contributed by atoms with Crippen molar-refractivity contribution in [3.63, 3.8) is 0 Å². The van der Waals surface area contributed by atoms with Crippen molar-refractivity contribution in [2.24, 2.45) is 5.73 Å². The van der Waals surface area contributed by atoms with Gasteiger partial charge in [0.1, 0.15) is 0 Å². The highest BCUT2D eigenvalue weighted by Gasteiger charge is 2.17. The summed E-state index contributed by atoms with van der Waals surface area (Å²) in [7, 11) is -0.901. The highest BCUT2D eigenvalue weighted by Crippen LogP contribution is 2.29. The summed E-state index contributed by atoms with van der Waals surface area (Å²) in [4.78, 5) is 0.00333. The summed E-state index contributed by atoms with van der Waals surface area (Å²) in [5.74, 6) is 0.773. The van der Waals surface area contributed by atoms with Gasteiger partial charge in [0.15, 0.2) is 11.5 Å². The Hall–Kier alpha value is -1.31. The predicted molar refractivity (Wildman–Crippen MR) is 61.7 cm³/mol. The molecule has 0 aliphatic heterocycles. The molecule has 0 radical (unpaired) electrons. The molecule has 0 amide bonds. The summed E-state index contributed by atoms with van der Waals surface area (Å²) in [6, 6.07) is 4.22. The zero-order valence-electron chi connectivity index (χ0n) is 9.67. The van der Waals surface area contributed by atoms with Gasteiger partial charge in [0.2, 0.25) is 0 Å². The molecule has 17 heavy (non-hydrogen) atoms. The highest BCUT2D eigenvalue weighted by molar-refractivity contribution is 7.86. The molecule has 0 saturated heterocycles. The van der Waals surface area contributed by atoms with Crippen molar-refractivity contribution in [3.8, 4) is 11.5 Å². The summed E-state index contributed by atoms with van der Waals surface area (Å²) in [5.41, 5.74) is 5.18. The van der Waals surface area contributed by atoms with Crippen LogP contribution in [-0.4, -0.2) is 35.8 Å². The van der Waals surface area contributed by atoms with Crippen molar-refractivity contribution in [2.45, 2.75) is 4.90 Å². The Morgan fingerprint density at radius 1 is 1.18 bits per heavy atom. The molecule has 6 nitrogen and oxygen atoms in total. The fourth-order valence-electron chi connectivity index (χ4n) is 1.20. The Morgan fingerprint density at radius 2 is 1.82 bits per heavy atom. The van der Waals surface area contributed by atoms with E-state index in [2.05, 4.69) is 4.18 Å². The van der Waals surface area contributed by atoms with Crippen LogP contribution in [0.2, 0.25) is 0 Å². The average molecular weight is 261 g/mol. The Labute approximate surface area is 100 Å². The van der Waals surface area contributed by atoms with Crippen LogP contribution in [0.1, 0.15) is 0 Å². The first kappa shape index (κ1) is 13.8. The van der Waals surface area contributed by atoms with Gasteiger partial charge in [0.05, 0.1) is 25.7 Å². The molecule has 96 valence electrons. The minimum Gasteiger partial charge on any atom is -0.493 e. The number of methoxy groups -OCH3 is 2. The summed E-state index contributed by atoms with van der Waals surface area (Å²) < 4.78 is 38.1. The van der Waals surface area contributed by atoms with E-state index in [1.807, 2.05) is 0 Å². The van der Waals surface area contributed by atoms with Gasteiger partial charge in [-0.25, -0.2) is 0 Å². The van der Waals surface area contributed by atoms with Gasteiger partial charge in [0, 0.05) is 12.6 Å². The number of hydrogen-bond donors (Lipinski definition) is 1. The van der Waals surface area contributed by atoms with E-state index in [0.717, 1.165) is 0 Å². The lowest BCUT2D eigenvalue weighted by atomic mass is 10.3. The van der Waals surface area contributed by atoms with Crippen LogP contribution < -0.4 is 15.2 Å². The zero-order valence-corrected chi connectivity index (χ0v) is 10.5. The molecule has 0 aliphatic rings.